The van der Waals surface area contributed by atoms with Crippen molar-refractivity contribution in [2.75, 3.05) is 30.5 Å². The first kappa shape index (κ1) is 26.1. The second-order valence-electron chi connectivity index (χ2n) is 8.54. The van der Waals surface area contributed by atoms with Crippen LogP contribution in [0.5, 0.6) is 0 Å². The van der Waals surface area contributed by atoms with Crippen molar-refractivity contribution in [1.82, 2.24) is 0 Å². The van der Waals surface area contributed by atoms with Crippen molar-refractivity contribution in [2.45, 2.75) is 38.2 Å². The Bertz CT molecular complexity index is 1080. The monoisotopic (exact) mass is 480 g/mol. The number of methoxy groups -OCH3 is 1. The largest absolute Gasteiger partial charge is 0.469 e. The number of nitrogens with zero attached hydrogens (tertiary/aromatic N) is 1. The summed E-state index contributed by atoms with van der Waals surface area (Å²) in [5, 5.41) is 23.6. The maximum absolute atomic E-state index is 13.5. The highest BCUT2D eigenvalue weighted by molar-refractivity contribution is 6.09. The molecule has 0 radical (unpaired) electrons. The molecule has 2 atom stereocenters. The number of ether oxygens (including phenoxy) is 1. The number of aliphatic hydroxyl groups excluding tert-OH is 1. The minimum absolute atomic E-state index is 0.0336. The molecule has 0 fully saturated rings. The highest BCUT2D eigenvalue weighted by Crippen LogP contribution is 2.46. The molecular weight excluding hydrogens is 448 g/mol. The van der Waals surface area contributed by atoms with Crippen LogP contribution in [-0.2, 0) is 19.9 Å². The molecule has 3 rings (SSSR count). The quantitative estimate of drug-likeness (QED) is 0.258. The van der Waals surface area contributed by atoms with Gasteiger partial charge in [-0.25, -0.2) is 0 Å². The predicted octanol–water partition coefficient (Wildman–Crippen LogP) is 3.39. The Morgan fingerprint density at radius 3 is 2.60 bits per heavy atom. The highest BCUT2D eigenvalue weighted by Gasteiger charge is 2.52. The van der Waals surface area contributed by atoms with Gasteiger partial charge in [-0.05, 0) is 49.6 Å². The molecule has 2 amide bonds. The summed E-state index contributed by atoms with van der Waals surface area (Å²) >= 11 is 0. The van der Waals surface area contributed by atoms with E-state index in [2.05, 4.69) is 10.1 Å². The van der Waals surface area contributed by atoms with E-state index in [-0.39, 0.29) is 24.9 Å². The van der Waals surface area contributed by atoms with Crippen molar-refractivity contribution in [3.05, 3.63) is 71.8 Å². The van der Waals surface area contributed by atoms with Gasteiger partial charge >= 0.3 is 5.97 Å². The van der Waals surface area contributed by atoms with Crippen LogP contribution < -0.4 is 10.2 Å². The molecule has 35 heavy (non-hydrogen) atoms. The molecule has 0 bridgehead atoms. The van der Waals surface area contributed by atoms with Gasteiger partial charge in [-0.3, -0.25) is 14.4 Å². The van der Waals surface area contributed by atoms with Crippen LogP contribution in [0, 0.1) is 5.92 Å². The predicted molar refractivity (Wildman–Crippen MR) is 133 cm³/mol. The molecular formula is C27H32N2O6. The number of hydrogen-bond acceptors (Lipinski definition) is 6. The molecule has 0 aromatic heterocycles. The van der Waals surface area contributed by atoms with Gasteiger partial charge in [0.1, 0.15) is 0 Å². The second kappa shape index (κ2) is 11.8. The Morgan fingerprint density at radius 1 is 1.17 bits per heavy atom. The lowest BCUT2D eigenvalue weighted by atomic mass is 9.82. The summed E-state index contributed by atoms with van der Waals surface area (Å²) in [6.45, 7) is 2.04. The van der Waals surface area contributed by atoms with Crippen LogP contribution in [0.4, 0.5) is 11.4 Å². The summed E-state index contributed by atoms with van der Waals surface area (Å²) < 4.78 is 4.67. The fourth-order valence-electron chi connectivity index (χ4n) is 4.20. The smallest absolute Gasteiger partial charge is 0.305 e. The number of benzene rings is 2. The van der Waals surface area contributed by atoms with Gasteiger partial charge in [-0.15, -0.1) is 0 Å². The van der Waals surface area contributed by atoms with E-state index < -0.39 is 17.4 Å². The van der Waals surface area contributed by atoms with Crippen LogP contribution >= 0.6 is 0 Å². The van der Waals surface area contributed by atoms with E-state index in [9.17, 15) is 19.5 Å². The number of carbonyl (C=O) groups excluding carboxylic acids is 3. The fourth-order valence-corrected chi connectivity index (χ4v) is 4.20. The van der Waals surface area contributed by atoms with Crippen molar-refractivity contribution in [3.8, 4) is 0 Å². The van der Waals surface area contributed by atoms with E-state index in [4.69, 9.17) is 5.11 Å². The van der Waals surface area contributed by atoms with Gasteiger partial charge in [0.05, 0.1) is 12.8 Å². The maximum atomic E-state index is 13.5. The third-order valence-electron chi connectivity index (χ3n) is 6.18. The number of amides is 2. The van der Waals surface area contributed by atoms with E-state index >= 15 is 0 Å². The Kier molecular flexibility index (Phi) is 8.78. The maximum Gasteiger partial charge on any atom is 0.305 e. The zero-order chi connectivity index (χ0) is 25.4. The van der Waals surface area contributed by atoms with Crippen LogP contribution in [0.15, 0.2) is 60.7 Å². The number of aliphatic hydroxyl groups is 2. The van der Waals surface area contributed by atoms with E-state index in [0.717, 1.165) is 0 Å². The molecule has 0 aliphatic carbocycles. The number of anilines is 2. The molecule has 2 aromatic rings. The lowest BCUT2D eigenvalue weighted by Crippen LogP contribution is -2.44. The van der Waals surface area contributed by atoms with Gasteiger partial charge in [0.25, 0.3) is 11.8 Å². The van der Waals surface area contributed by atoms with Gasteiger partial charge in [-0.2, -0.15) is 0 Å². The molecule has 186 valence electrons. The molecule has 8 heteroatoms. The number of fused-ring (bicyclic) bond motifs is 1. The molecule has 0 unspecified atom stereocenters. The standard InChI is InChI=1S/C27H32N2O6/c1-19(10-7-9-17-30)27(34)22-18-21(28-25(32)20-11-4-3-5-12-20)14-15-23(22)29(26(27)33)16-8-6-13-24(31)35-2/h3-5,7,10-12,14-15,18-19,30,34H,6,8-9,13,16-17H2,1-2H3,(H,28,32)/b10-7+/t19-,27+/m1/s1. The lowest BCUT2D eigenvalue weighted by molar-refractivity contribution is -0.140. The van der Waals surface area contributed by atoms with Gasteiger partial charge in [0.2, 0.25) is 0 Å². The molecule has 1 heterocycles. The zero-order valence-electron chi connectivity index (χ0n) is 20.1. The topological polar surface area (TPSA) is 116 Å². The zero-order valence-corrected chi connectivity index (χ0v) is 20.1. The van der Waals surface area contributed by atoms with E-state index in [1.54, 1.807) is 61.5 Å². The number of esters is 1. The SMILES string of the molecule is COC(=O)CCCCN1C(=O)[C@](O)([C@H](C)/C=C/CCO)c2cc(NC(=O)c3ccccc3)ccc21. The third kappa shape index (κ3) is 5.78. The molecule has 0 saturated carbocycles. The van der Waals surface area contributed by atoms with Gasteiger partial charge in [0.15, 0.2) is 5.60 Å². The molecule has 1 aliphatic heterocycles. The number of rotatable bonds is 11. The first-order valence-corrected chi connectivity index (χ1v) is 11.7. The Morgan fingerprint density at radius 2 is 1.91 bits per heavy atom. The van der Waals surface area contributed by atoms with Gasteiger partial charge in [-0.1, -0.05) is 37.3 Å². The van der Waals surface area contributed by atoms with Crippen LogP contribution in [0.3, 0.4) is 0 Å². The molecule has 8 nitrogen and oxygen atoms in total. The Hall–Kier alpha value is -3.49. The van der Waals surface area contributed by atoms with E-state index in [1.165, 1.54) is 12.0 Å². The van der Waals surface area contributed by atoms with Crippen molar-refractivity contribution < 1.29 is 29.3 Å². The fraction of sp³-hybridized carbons (Fsp3) is 0.370. The van der Waals surface area contributed by atoms with Gasteiger partial charge < -0.3 is 25.2 Å². The van der Waals surface area contributed by atoms with E-state index in [1.807, 2.05) is 6.07 Å². The van der Waals surface area contributed by atoms with Crippen LogP contribution in [0.25, 0.3) is 0 Å². The molecule has 0 saturated heterocycles. The highest BCUT2D eigenvalue weighted by atomic mass is 16.5. The third-order valence-corrected chi connectivity index (χ3v) is 6.18. The van der Waals surface area contributed by atoms with Crippen molar-refractivity contribution in [2.24, 2.45) is 5.92 Å². The first-order chi connectivity index (χ1) is 16.8. The lowest BCUT2D eigenvalue weighted by Gasteiger charge is -2.28. The number of hydrogen-bond donors (Lipinski definition) is 3. The molecule has 2 aromatic carbocycles. The summed E-state index contributed by atoms with van der Waals surface area (Å²) in [7, 11) is 1.34. The molecule has 0 spiro atoms. The number of carbonyl (C=O) groups is 3. The normalized spacial score (nSPS) is 17.9. The minimum Gasteiger partial charge on any atom is -0.469 e. The summed E-state index contributed by atoms with van der Waals surface area (Å²) in [4.78, 5) is 39.1. The summed E-state index contributed by atoms with van der Waals surface area (Å²) in [5.41, 5.74) is 0.0878. The summed E-state index contributed by atoms with van der Waals surface area (Å²) in [5.74, 6) is -1.65. The van der Waals surface area contributed by atoms with Crippen molar-refractivity contribution >= 4 is 29.2 Å². The second-order valence-corrected chi connectivity index (χ2v) is 8.54. The average molecular weight is 481 g/mol. The average Bonchev–Trinajstić information content (AvgIpc) is 3.09. The van der Waals surface area contributed by atoms with E-state index in [0.29, 0.717) is 48.3 Å². The van der Waals surface area contributed by atoms with Crippen LogP contribution in [-0.4, -0.2) is 48.3 Å². The van der Waals surface area contributed by atoms with Crippen molar-refractivity contribution in [3.63, 3.8) is 0 Å². The first-order valence-electron chi connectivity index (χ1n) is 11.7. The van der Waals surface area contributed by atoms with Crippen LogP contribution in [0.1, 0.15) is 48.5 Å². The number of nitrogens with one attached hydrogen (secondary N) is 1. The Balaban J connectivity index is 1.89. The summed E-state index contributed by atoms with van der Waals surface area (Å²) in [6, 6.07) is 13.8. The minimum atomic E-state index is -1.84. The molecule has 3 N–H and O–H groups in total. The summed E-state index contributed by atoms with van der Waals surface area (Å²) in [6.07, 6.45) is 5.20. The molecule has 1 aliphatic rings. The number of unbranched alkanes of at least 4 members (excludes halogenated alkanes) is 1. The van der Waals surface area contributed by atoms with Crippen LogP contribution in [0.2, 0.25) is 0 Å². The van der Waals surface area contributed by atoms with Crippen molar-refractivity contribution in [1.29, 1.82) is 0 Å². The van der Waals surface area contributed by atoms with Gasteiger partial charge in [0, 0.05) is 42.3 Å². The Labute approximate surface area is 205 Å².